The van der Waals surface area contributed by atoms with Gasteiger partial charge in [-0.2, -0.15) is 5.10 Å². The number of halogens is 1. The predicted octanol–water partition coefficient (Wildman–Crippen LogP) is 1.96. The van der Waals surface area contributed by atoms with Crippen LogP contribution in [0, 0.1) is 11.7 Å². The van der Waals surface area contributed by atoms with Gasteiger partial charge < -0.3 is 14.5 Å². The van der Waals surface area contributed by atoms with Crippen molar-refractivity contribution in [1.82, 2.24) is 10.3 Å². The molecule has 3 rings (SSSR count). The number of hydrazone groups is 1. The number of carbonyl (C=O) groups excluding carboxylic acids is 2. The van der Waals surface area contributed by atoms with Crippen LogP contribution in [-0.2, 0) is 9.53 Å². The fourth-order valence-corrected chi connectivity index (χ4v) is 3.27. The topological polar surface area (TPSA) is 74.2 Å². The van der Waals surface area contributed by atoms with Crippen molar-refractivity contribution in [2.45, 2.75) is 20.3 Å². The zero-order chi connectivity index (χ0) is 18.7. The van der Waals surface area contributed by atoms with Gasteiger partial charge >= 0.3 is 6.09 Å². The Kier molecular flexibility index (Phi) is 5.39. The Morgan fingerprint density at radius 1 is 1.35 bits per heavy atom. The lowest BCUT2D eigenvalue weighted by Crippen LogP contribution is -2.49. The summed E-state index contributed by atoms with van der Waals surface area (Å²) in [6.07, 6.45) is 0.0206. The molecule has 1 saturated heterocycles. The van der Waals surface area contributed by atoms with Crippen molar-refractivity contribution in [3.8, 4) is 0 Å². The van der Waals surface area contributed by atoms with Gasteiger partial charge in [-0.15, -0.1) is 0 Å². The Morgan fingerprint density at radius 2 is 2.08 bits per heavy atom. The molecule has 0 bridgehead atoms. The van der Waals surface area contributed by atoms with Crippen molar-refractivity contribution in [3.05, 3.63) is 29.6 Å². The van der Waals surface area contributed by atoms with Crippen molar-refractivity contribution >= 4 is 23.4 Å². The van der Waals surface area contributed by atoms with E-state index in [0.29, 0.717) is 56.2 Å². The second-order valence-electron chi connectivity index (χ2n) is 6.48. The third kappa shape index (κ3) is 3.79. The molecule has 0 spiro atoms. The number of ether oxygens (including phenoxy) is 1. The molecule has 0 aromatic heterocycles. The monoisotopic (exact) mass is 362 g/mol. The maximum atomic E-state index is 14.7. The van der Waals surface area contributed by atoms with Gasteiger partial charge in [-0.05, 0) is 19.1 Å². The first-order valence-corrected chi connectivity index (χ1v) is 8.82. The highest BCUT2D eigenvalue weighted by Crippen LogP contribution is 2.25. The molecule has 140 valence electrons. The minimum Gasteiger partial charge on any atom is -0.450 e. The van der Waals surface area contributed by atoms with Gasteiger partial charge in [0.15, 0.2) is 0 Å². The fourth-order valence-electron chi connectivity index (χ4n) is 3.27. The van der Waals surface area contributed by atoms with E-state index in [9.17, 15) is 14.0 Å². The predicted molar refractivity (Wildman–Crippen MR) is 95.7 cm³/mol. The molecule has 8 heteroatoms. The van der Waals surface area contributed by atoms with Crippen molar-refractivity contribution in [1.29, 1.82) is 0 Å². The van der Waals surface area contributed by atoms with E-state index in [0.717, 1.165) is 0 Å². The highest BCUT2D eigenvalue weighted by molar-refractivity contribution is 6.05. The Balaban J connectivity index is 1.69. The summed E-state index contributed by atoms with van der Waals surface area (Å²) in [5, 5.41) is 4.07. The van der Waals surface area contributed by atoms with Crippen molar-refractivity contribution < 1.29 is 18.7 Å². The number of hydrogen-bond acceptors (Lipinski definition) is 5. The summed E-state index contributed by atoms with van der Waals surface area (Å²) < 4.78 is 19.7. The molecule has 1 aromatic carbocycles. The van der Waals surface area contributed by atoms with E-state index >= 15 is 0 Å². The minimum absolute atomic E-state index is 0.0536. The van der Waals surface area contributed by atoms with Gasteiger partial charge in [0.25, 0.3) is 0 Å². The van der Waals surface area contributed by atoms with Crippen LogP contribution in [-0.4, -0.2) is 55.4 Å². The average Bonchev–Trinajstić information content (AvgIpc) is 2.62. The lowest BCUT2D eigenvalue weighted by atomic mass is 9.94. The number of piperazine rings is 1. The quantitative estimate of drug-likeness (QED) is 0.892. The first kappa shape index (κ1) is 18.2. The first-order valence-electron chi connectivity index (χ1n) is 8.82. The Labute approximate surface area is 151 Å². The van der Waals surface area contributed by atoms with Gasteiger partial charge in [0, 0.05) is 44.1 Å². The second-order valence-corrected chi connectivity index (χ2v) is 6.48. The summed E-state index contributed by atoms with van der Waals surface area (Å²) in [5.74, 6) is -0.515. The summed E-state index contributed by atoms with van der Waals surface area (Å²) in [7, 11) is 0. The molecule has 2 aliphatic rings. The standard InChI is InChI=1S/C18H23FN4O3/c1-3-26-18(25)23-8-6-22(7-9-23)15-5-4-13(11-14(15)19)17-12(2)10-16(24)20-21-17/h4-5,11-12H,3,6-10H2,1-2H3,(H,20,24). The summed E-state index contributed by atoms with van der Waals surface area (Å²) in [6, 6.07) is 5.01. The molecule has 0 saturated carbocycles. The van der Waals surface area contributed by atoms with Crippen molar-refractivity contribution in [2.75, 3.05) is 37.7 Å². The third-order valence-corrected chi connectivity index (χ3v) is 4.65. The number of hydrogen-bond donors (Lipinski definition) is 1. The Bertz CT molecular complexity index is 729. The van der Waals surface area contributed by atoms with Gasteiger partial charge in [0.2, 0.25) is 5.91 Å². The Morgan fingerprint density at radius 3 is 2.69 bits per heavy atom. The van der Waals surface area contributed by atoms with Crippen LogP contribution < -0.4 is 10.3 Å². The highest BCUT2D eigenvalue weighted by Gasteiger charge is 2.25. The maximum absolute atomic E-state index is 14.7. The molecule has 2 amide bonds. The number of nitrogens with zero attached hydrogens (tertiary/aromatic N) is 3. The van der Waals surface area contributed by atoms with Crippen LogP contribution in [0.15, 0.2) is 23.3 Å². The summed E-state index contributed by atoms with van der Waals surface area (Å²) in [6.45, 7) is 6.10. The van der Waals surface area contributed by atoms with Crippen LogP contribution in [0.25, 0.3) is 0 Å². The molecule has 1 atom stereocenters. The molecule has 0 aliphatic carbocycles. The third-order valence-electron chi connectivity index (χ3n) is 4.65. The van der Waals surface area contributed by atoms with E-state index in [2.05, 4.69) is 10.5 Å². The number of benzene rings is 1. The maximum Gasteiger partial charge on any atom is 0.409 e. The Hall–Kier alpha value is -2.64. The average molecular weight is 362 g/mol. The lowest BCUT2D eigenvalue weighted by molar-refractivity contribution is -0.121. The van der Waals surface area contributed by atoms with Gasteiger partial charge in [-0.1, -0.05) is 13.0 Å². The van der Waals surface area contributed by atoms with Crippen LogP contribution in [0.2, 0.25) is 0 Å². The molecule has 7 nitrogen and oxygen atoms in total. The molecular formula is C18H23FN4O3. The van der Waals surface area contributed by atoms with E-state index in [1.54, 1.807) is 17.9 Å². The molecule has 2 aliphatic heterocycles. The molecule has 26 heavy (non-hydrogen) atoms. The molecule has 0 radical (unpaired) electrons. The van der Waals surface area contributed by atoms with Gasteiger partial charge in [0.1, 0.15) is 5.82 Å². The van der Waals surface area contributed by atoms with Crippen molar-refractivity contribution in [3.63, 3.8) is 0 Å². The fraction of sp³-hybridized carbons (Fsp3) is 0.500. The zero-order valence-electron chi connectivity index (χ0n) is 15.0. The van der Waals surface area contributed by atoms with Crippen LogP contribution in [0.3, 0.4) is 0 Å². The van der Waals surface area contributed by atoms with Crippen molar-refractivity contribution in [2.24, 2.45) is 11.0 Å². The minimum atomic E-state index is -0.334. The van der Waals surface area contributed by atoms with Gasteiger partial charge in [-0.3, -0.25) is 4.79 Å². The second kappa shape index (κ2) is 7.72. The zero-order valence-corrected chi connectivity index (χ0v) is 15.0. The molecule has 2 heterocycles. The molecular weight excluding hydrogens is 339 g/mol. The van der Waals surface area contributed by atoms with Gasteiger partial charge in [-0.25, -0.2) is 14.6 Å². The summed E-state index contributed by atoms with van der Waals surface area (Å²) in [4.78, 5) is 26.7. The van der Waals surface area contributed by atoms with E-state index < -0.39 is 0 Å². The molecule has 1 N–H and O–H groups in total. The molecule has 1 unspecified atom stereocenters. The van der Waals surface area contributed by atoms with Crippen LogP contribution in [0.1, 0.15) is 25.8 Å². The number of anilines is 1. The van der Waals surface area contributed by atoms with E-state index in [-0.39, 0.29) is 23.7 Å². The van der Waals surface area contributed by atoms with Gasteiger partial charge in [0.05, 0.1) is 18.0 Å². The summed E-state index contributed by atoms with van der Waals surface area (Å²) >= 11 is 0. The SMILES string of the molecule is CCOC(=O)N1CCN(c2ccc(C3=NNC(=O)CC3C)cc2F)CC1. The highest BCUT2D eigenvalue weighted by atomic mass is 19.1. The van der Waals surface area contributed by atoms with Crippen LogP contribution in [0.5, 0.6) is 0 Å². The lowest BCUT2D eigenvalue weighted by Gasteiger charge is -2.35. The number of nitrogens with one attached hydrogen (secondary N) is 1. The first-order chi connectivity index (χ1) is 12.5. The van der Waals surface area contributed by atoms with E-state index in [1.165, 1.54) is 6.07 Å². The number of rotatable bonds is 3. The largest absolute Gasteiger partial charge is 0.450 e. The summed E-state index contributed by atoms with van der Waals surface area (Å²) in [5.41, 5.74) is 4.31. The van der Waals surface area contributed by atoms with Crippen LogP contribution >= 0.6 is 0 Å². The smallest absolute Gasteiger partial charge is 0.409 e. The van der Waals surface area contributed by atoms with E-state index in [1.807, 2.05) is 17.9 Å². The normalized spacial score (nSPS) is 20.5. The number of amides is 2. The van der Waals surface area contributed by atoms with E-state index in [4.69, 9.17) is 4.74 Å². The molecule has 1 aromatic rings. The number of carbonyl (C=O) groups is 2. The molecule has 1 fully saturated rings. The van der Waals surface area contributed by atoms with Crippen LogP contribution in [0.4, 0.5) is 14.9 Å².